The number of ether oxygens (including phenoxy) is 3. The molecule has 2 N–H and O–H groups in total. The zero-order chi connectivity index (χ0) is 22.1. The third-order valence-corrected chi connectivity index (χ3v) is 4.49. The molecule has 0 aliphatic carbocycles. The summed E-state index contributed by atoms with van der Waals surface area (Å²) in [4.78, 5) is 8.71. The summed E-state index contributed by atoms with van der Waals surface area (Å²) in [5.74, 6) is 2.52. The fourth-order valence-corrected chi connectivity index (χ4v) is 2.95. The second-order valence-corrected chi connectivity index (χ2v) is 6.59. The van der Waals surface area contributed by atoms with Crippen molar-refractivity contribution >= 4 is 5.84 Å². The van der Waals surface area contributed by atoms with Crippen molar-refractivity contribution in [3.8, 4) is 23.1 Å². The molecular weight excluding hydrogens is 394 g/mol. The Hall–Kier alpha value is -3.84. The third kappa shape index (κ3) is 5.83. The molecule has 0 amide bonds. The number of methoxy groups -OCH3 is 2. The first kappa shape index (κ1) is 21.9. The largest absolute Gasteiger partial charge is 0.497 e. The molecule has 0 bridgehead atoms. The maximum Gasteiger partial charge on any atom is 0.220 e. The summed E-state index contributed by atoms with van der Waals surface area (Å²) in [7, 11) is 3.20. The summed E-state index contributed by atoms with van der Waals surface area (Å²) < 4.78 is 16.6. The number of nitrogens with one attached hydrogen (secondary N) is 1. The predicted molar refractivity (Wildman–Crippen MR) is 119 cm³/mol. The topological polar surface area (TPSA) is 85.2 Å². The van der Waals surface area contributed by atoms with Crippen LogP contribution in [0.5, 0.6) is 23.1 Å². The normalized spacial score (nSPS) is 11.0. The number of nitrogens with zero attached hydrogens (tertiary/aromatic N) is 2. The molecule has 0 atom stereocenters. The maximum atomic E-state index is 9.61. The van der Waals surface area contributed by atoms with Crippen LogP contribution in [0.15, 0.2) is 78.4 Å². The maximum absolute atomic E-state index is 9.61. The van der Waals surface area contributed by atoms with Crippen LogP contribution in [0, 0.1) is 0 Å². The number of pyridine rings is 1. The molecule has 0 radical (unpaired) electrons. The second kappa shape index (κ2) is 10.8. The molecule has 0 aliphatic rings. The lowest BCUT2D eigenvalue weighted by molar-refractivity contribution is 0.234. The van der Waals surface area contributed by atoms with E-state index in [0.29, 0.717) is 35.3 Å². The smallest absolute Gasteiger partial charge is 0.220 e. The minimum absolute atomic E-state index is 0.295. The van der Waals surface area contributed by atoms with Crippen LogP contribution in [0.25, 0.3) is 0 Å². The zero-order valence-electron chi connectivity index (χ0n) is 17.5. The second-order valence-electron chi connectivity index (χ2n) is 6.59. The van der Waals surface area contributed by atoms with Crippen LogP contribution in [0.1, 0.15) is 16.7 Å². The third-order valence-electron chi connectivity index (χ3n) is 4.49. The van der Waals surface area contributed by atoms with Crippen LogP contribution >= 0.6 is 0 Å². The lowest BCUT2D eigenvalue weighted by Crippen LogP contribution is -2.20. The molecule has 0 fully saturated rings. The summed E-state index contributed by atoms with van der Waals surface area (Å²) in [6.45, 7) is 4.11. The highest BCUT2D eigenvalue weighted by atomic mass is 16.5. The van der Waals surface area contributed by atoms with Crippen molar-refractivity contribution in [2.75, 3.05) is 14.2 Å². The molecule has 0 aliphatic heterocycles. The molecule has 7 nitrogen and oxygen atoms in total. The average molecular weight is 419 g/mol. The van der Waals surface area contributed by atoms with Crippen molar-refractivity contribution < 1.29 is 19.4 Å². The van der Waals surface area contributed by atoms with Crippen LogP contribution in [0.4, 0.5) is 0 Å². The Morgan fingerprint density at radius 2 is 1.94 bits per heavy atom. The van der Waals surface area contributed by atoms with Gasteiger partial charge >= 0.3 is 0 Å². The Balaban J connectivity index is 1.80. The number of aliphatic imine (C=N–C) groups is 1. The number of hydrogen-bond donors (Lipinski definition) is 2. The standard InChI is InChI=1S/C24H25N3O4/c1-4-6-17-9-10-21(22(14-17)30-3)31-23-15-19(11-12-25-23)24(27-28)26-16-18-7-5-8-20(13-18)29-2/h4-5,7-15,28H,1,6,16H2,2-3H3,(H,26,27). The number of hydrogen-bond acceptors (Lipinski definition) is 6. The SMILES string of the molecule is C=CCc1ccc(Oc2cc(C(=NCc3cccc(OC)c3)NO)ccn2)c(OC)c1. The Kier molecular flexibility index (Phi) is 7.61. The molecule has 160 valence electrons. The van der Waals surface area contributed by atoms with E-state index < -0.39 is 0 Å². The number of hydroxylamine groups is 1. The van der Waals surface area contributed by atoms with Crippen molar-refractivity contribution in [2.45, 2.75) is 13.0 Å². The van der Waals surface area contributed by atoms with Gasteiger partial charge in [-0.05, 0) is 47.9 Å². The molecular formula is C24H25N3O4. The Labute approximate surface area is 181 Å². The van der Waals surface area contributed by atoms with Crippen LogP contribution < -0.4 is 19.7 Å². The van der Waals surface area contributed by atoms with E-state index in [1.165, 1.54) is 0 Å². The molecule has 1 heterocycles. The number of benzene rings is 2. The minimum Gasteiger partial charge on any atom is -0.497 e. The van der Waals surface area contributed by atoms with Gasteiger partial charge in [0, 0.05) is 17.8 Å². The van der Waals surface area contributed by atoms with E-state index >= 15 is 0 Å². The number of aromatic nitrogens is 1. The van der Waals surface area contributed by atoms with Gasteiger partial charge in [0.05, 0.1) is 20.8 Å². The molecule has 2 aromatic carbocycles. The summed E-state index contributed by atoms with van der Waals surface area (Å²) in [5, 5.41) is 9.61. The zero-order valence-corrected chi connectivity index (χ0v) is 17.5. The highest BCUT2D eigenvalue weighted by Gasteiger charge is 2.10. The van der Waals surface area contributed by atoms with Gasteiger partial charge < -0.3 is 14.2 Å². The molecule has 31 heavy (non-hydrogen) atoms. The van der Waals surface area contributed by atoms with Gasteiger partial charge in [-0.1, -0.05) is 24.3 Å². The highest BCUT2D eigenvalue weighted by molar-refractivity contribution is 5.98. The van der Waals surface area contributed by atoms with Crippen LogP contribution in [0.3, 0.4) is 0 Å². The Bertz CT molecular complexity index is 1070. The quantitative estimate of drug-likeness (QED) is 0.229. The number of amidine groups is 1. The van der Waals surface area contributed by atoms with E-state index in [2.05, 4.69) is 22.0 Å². The van der Waals surface area contributed by atoms with Gasteiger partial charge in [-0.3, -0.25) is 15.7 Å². The van der Waals surface area contributed by atoms with Gasteiger partial charge in [0.15, 0.2) is 17.3 Å². The van der Waals surface area contributed by atoms with E-state index in [1.54, 1.807) is 32.5 Å². The average Bonchev–Trinajstić information content (AvgIpc) is 2.81. The van der Waals surface area contributed by atoms with Crippen molar-refractivity contribution in [3.05, 3.63) is 90.1 Å². The molecule has 1 aromatic heterocycles. The highest BCUT2D eigenvalue weighted by Crippen LogP contribution is 2.32. The van der Waals surface area contributed by atoms with Gasteiger partial charge in [-0.2, -0.15) is 0 Å². The van der Waals surface area contributed by atoms with Crippen molar-refractivity contribution in [1.29, 1.82) is 0 Å². The molecule has 7 heteroatoms. The van der Waals surface area contributed by atoms with Gasteiger partial charge in [-0.15, -0.1) is 6.58 Å². The lowest BCUT2D eigenvalue weighted by Gasteiger charge is -2.12. The first-order chi connectivity index (χ1) is 15.2. The van der Waals surface area contributed by atoms with E-state index in [4.69, 9.17) is 14.2 Å². The summed E-state index contributed by atoms with van der Waals surface area (Å²) in [5.41, 5.74) is 4.79. The van der Waals surface area contributed by atoms with Gasteiger partial charge in [0.2, 0.25) is 5.88 Å². The molecule has 0 saturated heterocycles. The van der Waals surface area contributed by atoms with Crippen molar-refractivity contribution in [3.63, 3.8) is 0 Å². The fraction of sp³-hybridized carbons (Fsp3) is 0.167. The van der Waals surface area contributed by atoms with E-state index in [-0.39, 0.29) is 0 Å². The number of allylic oxidation sites excluding steroid dienone is 1. The summed E-state index contributed by atoms with van der Waals surface area (Å²) >= 11 is 0. The predicted octanol–water partition coefficient (Wildman–Crippen LogP) is 4.55. The summed E-state index contributed by atoms with van der Waals surface area (Å²) in [6, 6.07) is 16.7. The van der Waals surface area contributed by atoms with Crippen molar-refractivity contribution in [2.24, 2.45) is 4.99 Å². The monoisotopic (exact) mass is 419 g/mol. The Morgan fingerprint density at radius 1 is 1.06 bits per heavy atom. The van der Waals surface area contributed by atoms with E-state index in [1.807, 2.05) is 48.5 Å². The fourth-order valence-electron chi connectivity index (χ4n) is 2.95. The Morgan fingerprint density at radius 3 is 2.68 bits per heavy atom. The molecule has 0 saturated carbocycles. The molecule has 0 spiro atoms. The molecule has 3 rings (SSSR count). The number of rotatable bonds is 9. The van der Waals surface area contributed by atoms with Crippen LogP contribution in [-0.4, -0.2) is 30.2 Å². The summed E-state index contributed by atoms with van der Waals surface area (Å²) in [6.07, 6.45) is 4.15. The molecule has 0 unspecified atom stereocenters. The van der Waals surface area contributed by atoms with Gasteiger partial charge in [-0.25, -0.2) is 4.98 Å². The van der Waals surface area contributed by atoms with E-state index in [9.17, 15) is 5.21 Å². The van der Waals surface area contributed by atoms with E-state index in [0.717, 1.165) is 23.3 Å². The molecule has 3 aromatic rings. The van der Waals surface area contributed by atoms with Gasteiger partial charge in [0.25, 0.3) is 0 Å². The first-order valence-electron chi connectivity index (χ1n) is 9.66. The van der Waals surface area contributed by atoms with Crippen molar-refractivity contribution in [1.82, 2.24) is 10.5 Å². The van der Waals surface area contributed by atoms with Gasteiger partial charge in [0.1, 0.15) is 5.75 Å². The first-order valence-corrected chi connectivity index (χ1v) is 9.66. The minimum atomic E-state index is 0.295. The van der Waals surface area contributed by atoms with Crippen LogP contribution in [0.2, 0.25) is 0 Å². The lowest BCUT2D eigenvalue weighted by atomic mass is 10.1. The van der Waals surface area contributed by atoms with Crippen LogP contribution in [-0.2, 0) is 13.0 Å².